The van der Waals surface area contributed by atoms with Crippen LogP contribution in [0.1, 0.15) is 30.1 Å². The van der Waals surface area contributed by atoms with Gasteiger partial charge in [-0.2, -0.15) is 0 Å². The van der Waals surface area contributed by atoms with E-state index in [1.807, 2.05) is 0 Å². The lowest BCUT2D eigenvalue weighted by Crippen LogP contribution is -2.37. The molecule has 5 heteroatoms. The molecule has 1 saturated carbocycles. The summed E-state index contributed by atoms with van der Waals surface area (Å²) < 4.78 is 10.7. The summed E-state index contributed by atoms with van der Waals surface area (Å²) in [6.07, 6.45) is 2.21. The highest BCUT2D eigenvalue weighted by Crippen LogP contribution is 2.28. The molecular weight excluding hydrogens is 246 g/mol. The lowest BCUT2D eigenvalue weighted by Gasteiger charge is -2.16. The summed E-state index contributed by atoms with van der Waals surface area (Å²) in [4.78, 5) is 22.5. The van der Waals surface area contributed by atoms with Crippen molar-refractivity contribution in [2.45, 2.75) is 31.9 Å². The summed E-state index contributed by atoms with van der Waals surface area (Å²) in [7, 11) is 1.49. The molecule has 19 heavy (non-hydrogen) atoms. The van der Waals surface area contributed by atoms with Crippen LogP contribution in [-0.2, 0) is 4.79 Å². The molecule has 1 amide bonds. The molecule has 102 valence electrons. The minimum atomic E-state index is -0.600. The second-order valence-corrected chi connectivity index (χ2v) is 4.57. The molecule has 1 N–H and O–H groups in total. The summed E-state index contributed by atoms with van der Waals surface area (Å²) in [5.41, 5.74) is 0.499. The van der Waals surface area contributed by atoms with Crippen LogP contribution in [0.15, 0.2) is 18.2 Å². The van der Waals surface area contributed by atoms with Crippen LogP contribution < -0.4 is 14.8 Å². The van der Waals surface area contributed by atoms with Crippen molar-refractivity contribution in [3.05, 3.63) is 23.8 Å². The summed E-state index contributed by atoms with van der Waals surface area (Å²) in [6.45, 7) is 1.69. The molecular formula is C14H17NO4. The van der Waals surface area contributed by atoms with Gasteiger partial charge in [-0.25, -0.2) is 0 Å². The van der Waals surface area contributed by atoms with E-state index in [1.54, 1.807) is 25.1 Å². The van der Waals surface area contributed by atoms with Gasteiger partial charge in [0.25, 0.3) is 5.91 Å². The smallest absolute Gasteiger partial charge is 0.260 e. The Morgan fingerprint density at radius 1 is 1.42 bits per heavy atom. The number of amides is 1. The van der Waals surface area contributed by atoms with Crippen LogP contribution in [0.5, 0.6) is 11.5 Å². The fraction of sp³-hybridized carbons (Fsp3) is 0.429. The van der Waals surface area contributed by atoms with Crippen molar-refractivity contribution in [2.75, 3.05) is 7.11 Å². The van der Waals surface area contributed by atoms with Gasteiger partial charge in [0.1, 0.15) is 6.29 Å². The van der Waals surface area contributed by atoms with Crippen molar-refractivity contribution >= 4 is 12.2 Å². The number of rotatable bonds is 6. The first kappa shape index (κ1) is 13.4. The van der Waals surface area contributed by atoms with E-state index >= 15 is 0 Å². The van der Waals surface area contributed by atoms with Crippen molar-refractivity contribution in [2.24, 2.45) is 0 Å². The highest BCUT2D eigenvalue weighted by atomic mass is 16.5. The molecule has 0 radical (unpaired) electrons. The maximum atomic E-state index is 11.8. The number of aldehydes is 1. The van der Waals surface area contributed by atoms with Crippen LogP contribution in [0.4, 0.5) is 0 Å². The maximum Gasteiger partial charge on any atom is 0.260 e. The normalized spacial score (nSPS) is 15.5. The van der Waals surface area contributed by atoms with Crippen molar-refractivity contribution in [3.8, 4) is 11.5 Å². The summed E-state index contributed by atoms with van der Waals surface area (Å²) >= 11 is 0. The van der Waals surface area contributed by atoms with E-state index < -0.39 is 6.10 Å². The first-order valence-electron chi connectivity index (χ1n) is 6.24. The van der Waals surface area contributed by atoms with Crippen molar-refractivity contribution in [3.63, 3.8) is 0 Å². The van der Waals surface area contributed by atoms with E-state index in [0.717, 1.165) is 19.1 Å². The third-order valence-corrected chi connectivity index (χ3v) is 2.92. The molecule has 0 aliphatic heterocycles. The second-order valence-electron chi connectivity index (χ2n) is 4.57. The number of hydrogen-bond acceptors (Lipinski definition) is 4. The molecule has 2 rings (SSSR count). The molecule has 0 spiro atoms. The third kappa shape index (κ3) is 3.47. The van der Waals surface area contributed by atoms with E-state index in [2.05, 4.69) is 5.32 Å². The van der Waals surface area contributed by atoms with E-state index in [4.69, 9.17) is 9.47 Å². The average molecular weight is 263 g/mol. The van der Waals surface area contributed by atoms with Gasteiger partial charge in [0.15, 0.2) is 17.6 Å². The van der Waals surface area contributed by atoms with Gasteiger partial charge in [-0.3, -0.25) is 9.59 Å². The number of nitrogens with one attached hydrogen (secondary N) is 1. The zero-order chi connectivity index (χ0) is 13.8. The molecule has 1 aliphatic rings. The number of methoxy groups -OCH3 is 1. The molecule has 1 atom stereocenters. The van der Waals surface area contributed by atoms with Gasteiger partial charge in [0, 0.05) is 11.6 Å². The molecule has 1 unspecified atom stereocenters. The molecule has 1 aromatic rings. The maximum absolute atomic E-state index is 11.8. The Bertz CT molecular complexity index is 482. The van der Waals surface area contributed by atoms with Crippen molar-refractivity contribution in [1.29, 1.82) is 0 Å². The predicted octanol–water partition coefficient (Wildman–Crippen LogP) is 1.55. The fourth-order valence-electron chi connectivity index (χ4n) is 1.65. The standard InChI is InChI=1S/C14H17NO4/c1-9(14(17)15-11-4-5-11)19-12-6-3-10(8-16)7-13(12)18-2/h3,6-9,11H,4-5H2,1-2H3,(H,15,17). The van der Waals surface area contributed by atoms with E-state index in [1.165, 1.54) is 7.11 Å². The fourth-order valence-corrected chi connectivity index (χ4v) is 1.65. The van der Waals surface area contributed by atoms with E-state index in [0.29, 0.717) is 23.1 Å². The molecule has 1 aromatic carbocycles. The Morgan fingerprint density at radius 2 is 2.16 bits per heavy atom. The largest absolute Gasteiger partial charge is 0.493 e. The van der Waals surface area contributed by atoms with Gasteiger partial charge in [-0.05, 0) is 38.0 Å². The molecule has 0 saturated heterocycles. The molecule has 1 fully saturated rings. The van der Waals surface area contributed by atoms with Crippen LogP contribution in [0.25, 0.3) is 0 Å². The Kier molecular flexibility index (Phi) is 4.04. The quantitative estimate of drug-likeness (QED) is 0.791. The van der Waals surface area contributed by atoms with Gasteiger partial charge >= 0.3 is 0 Å². The molecule has 0 bridgehead atoms. The highest BCUT2D eigenvalue weighted by Gasteiger charge is 2.26. The third-order valence-electron chi connectivity index (χ3n) is 2.92. The number of carbonyl (C=O) groups excluding carboxylic acids is 2. The van der Waals surface area contributed by atoms with Gasteiger partial charge in [-0.15, -0.1) is 0 Å². The Hall–Kier alpha value is -2.04. The van der Waals surface area contributed by atoms with Crippen LogP contribution in [0.2, 0.25) is 0 Å². The number of hydrogen-bond donors (Lipinski definition) is 1. The summed E-state index contributed by atoms with van der Waals surface area (Å²) in [5.74, 6) is 0.756. The topological polar surface area (TPSA) is 64.6 Å². The lowest BCUT2D eigenvalue weighted by atomic mass is 10.2. The zero-order valence-corrected chi connectivity index (χ0v) is 11.0. The van der Waals surface area contributed by atoms with E-state index in [-0.39, 0.29) is 5.91 Å². The summed E-state index contributed by atoms with van der Waals surface area (Å²) in [6, 6.07) is 5.13. The zero-order valence-electron chi connectivity index (χ0n) is 11.0. The van der Waals surface area contributed by atoms with E-state index in [9.17, 15) is 9.59 Å². The molecule has 1 aliphatic carbocycles. The molecule has 5 nitrogen and oxygen atoms in total. The van der Waals surface area contributed by atoms with Crippen LogP contribution >= 0.6 is 0 Å². The molecule has 0 aromatic heterocycles. The van der Waals surface area contributed by atoms with Crippen molar-refractivity contribution < 1.29 is 19.1 Å². The predicted molar refractivity (Wildman–Crippen MR) is 69.6 cm³/mol. The Balaban J connectivity index is 2.04. The number of benzene rings is 1. The lowest BCUT2D eigenvalue weighted by molar-refractivity contribution is -0.127. The second kappa shape index (κ2) is 5.73. The van der Waals surface area contributed by atoms with Gasteiger partial charge in [-0.1, -0.05) is 0 Å². The van der Waals surface area contributed by atoms with Gasteiger partial charge in [0.2, 0.25) is 0 Å². The van der Waals surface area contributed by atoms with Crippen molar-refractivity contribution in [1.82, 2.24) is 5.32 Å². The Labute approximate surface area is 111 Å². The monoisotopic (exact) mass is 263 g/mol. The minimum Gasteiger partial charge on any atom is -0.493 e. The van der Waals surface area contributed by atoms with Gasteiger partial charge in [0.05, 0.1) is 7.11 Å². The Morgan fingerprint density at radius 3 is 2.74 bits per heavy atom. The number of carbonyl (C=O) groups is 2. The minimum absolute atomic E-state index is 0.135. The van der Waals surface area contributed by atoms with Crippen LogP contribution in [0, 0.1) is 0 Å². The number of ether oxygens (including phenoxy) is 2. The average Bonchev–Trinajstić information content (AvgIpc) is 3.22. The van der Waals surface area contributed by atoms with Crippen LogP contribution in [-0.4, -0.2) is 31.4 Å². The highest BCUT2D eigenvalue weighted by molar-refractivity contribution is 5.81. The SMILES string of the molecule is COc1cc(C=O)ccc1OC(C)C(=O)NC1CC1. The van der Waals surface area contributed by atoms with Gasteiger partial charge < -0.3 is 14.8 Å². The van der Waals surface area contributed by atoms with Crippen LogP contribution in [0.3, 0.4) is 0 Å². The first-order chi connectivity index (χ1) is 9.13. The summed E-state index contributed by atoms with van der Waals surface area (Å²) in [5, 5.41) is 2.87. The molecule has 0 heterocycles. The first-order valence-corrected chi connectivity index (χ1v) is 6.24.